The Balaban J connectivity index is 2.87. The van der Waals surface area contributed by atoms with Crippen molar-refractivity contribution in [1.29, 1.82) is 0 Å². The Hall–Kier alpha value is -1.46. The second kappa shape index (κ2) is 9.14. The van der Waals surface area contributed by atoms with Crippen LogP contribution in [0, 0.1) is 5.41 Å². The van der Waals surface area contributed by atoms with E-state index in [1.54, 1.807) is 13.1 Å². The van der Waals surface area contributed by atoms with Gasteiger partial charge in [0.05, 0.1) is 22.0 Å². The lowest BCUT2D eigenvalue weighted by Gasteiger charge is -2.25. The molecule has 0 heterocycles. The van der Waals surface area contributed by atoms with E-state index in [4.69, 9.17) is 23.2 Å². The topological polar surface area (TPSA) is 56.7 Å². The molecule has 1 aromatic rings. The van der Waals surface area contributed by atoms with E-state index in [9.17, 15) is 4.79 Å². The van der Waals surface area contributed by atoms with Crippen molar-refractivity contribution in [3.8, 4) is 0 Å². The number of benzene rings is 1. The van der Waals surface area contributed by atoms with E-state index in [0.29, 0.717) is 23.1 Å². The summed E-state index contributed by atoms with van der Waals surface area (Å²) in [5.74, 6) is 0.704. The summed E-state index contributed by atoms with van der Waals surface area (Å²) in [6, 6.07) is 5.56. The molecule has 0 fully saturated rings. The molecule has 0 atom stereocenters. The lowest BCUT2D eigenvalue weighted by atomic mass is 9.93. The summed E-state index contributed by atoms with van der Waals surface area (Å²) in [6.07, 6.45) is 0. The molecule has 1 rings (SSSR count). The molecule has 0 unspecified atom stereocenters. The molecule has 0 bridgehead atoms. The molecule has 1 aromatic carbocycles. The number of hydrogen-bond donors (Lipinski definition) is 2. The zero-order valence-corrected chi connectivity index (χ0v) is 16.4. The monoisotopic (exact) mass is 372 g/mol. The summed E-state index contributed by atoms with van der Waals surface area (Å²) in [6.45, 7) is 7.51. The maximum absolute atomic E-state index is 11.9. The lowest BCUT2D eigenvalue weighted by Crippen LogP contribution is -2.41. The Morgan fingerprint density at radius 3 is 2.50 bits per heavy atom. The molecule has 1 amide bonds. The molecule has 0 aromatic heterocycles. The zero-order chi connectivity index (χ0) is 18.3. The Morgan fingerprint density at radius 2 is 1.96 bits per heavy atom. The van der Waals surface area contributed by atoms with Gasteiger partial charge in [0.1, 0.15) is 0 Å². The van der Waals surface area contributed by atoms with Crippen molar-refractivity contribution in [1.82, 2.24) is 15.5 Å². The third-order valence-electron chi connectivity index (χ3n) is 3.57. The zero-order valence-electron chi connectivity index (χ0n) is 14.9. The van der Waals surface area contributed by atoms with Gasteiger partial charge in [-0.3, -0.25) is 9.79 Å². The van der Waals surface area contributed by atoms with E-state index in [-0.39, 0.29) is 5.91 Å². The molecule has 2 N–H and O–H groups in total. The van der Waals surface area contributed by atoms with Crippen molar-refractivity contribution in [2.45, 2.75) is 27.3 Å². The van der Waals surface area contributed by atoms with E-state index < -0.39 is 5.41 Å². The van der Waals surface area contributed by atoms with E-state index in [0.717, 1.165) is 18.1 Å². The van der Waals surface area contributed by atoms with Crippen LogP contribution in [0.3, 0.4) is 0 Å². The fourth-order valence-electron chi connectivity index (χ4n) is 2.14. The van der Waals surface area contributed by atoms with Crippen molar-refractivity contribution in [3.05, 3.63) is 33.8 Å². The first-order chi connectivity index (χ1) is 11.2. The van der Waals surface area contributed by atoms with Crippen LogP contribution in [0.5, 0.6) is 0 Å². The quantitative estimate of drug-likeness (QED) is 0.595. The molecule has 0 aliphatic carbocycles. The Bertz CT molecular complexity index is 602. The largest absolute Gasteiger partial charge is 0.359 e. The molecule has 24 heavy (non-hydrogen) atoms. The molecule has 134 valence electrons. The molecule has 5 nitrogen and oxygen atoms in total. The van der Waals surface area contributed by atoms with Crippen LogP contribution in [-0.4, -0.2) is 44.0 Å². The SMILES string of the molecule is CCNC(=NCC(C)(C)C(=O)NC)N(C)Cc1ccc(Cl)c(Cl)c1. The minimum absolute atomic E-state index is 0.0331. The molecule has 0 radical (unpaired) electrons. The van der Waals surface area contributed by atoms with Crippen molar-refractivity contribution in [2.24, 2.45) is 10.4 Å². The number of aliphatic imine (C=N–C) groups is 1. The predicted octanol–water partition coefficient (Wildman–Crippen LogP) is 3.16. The number of nitrogens with zero attached hydrogens (tertiary/aromatic N) is 2. The molecular weight excluding hydrogens is 347 g/mol. The summed E-state index contributed by atoms with van der Waals surface area (Å²) < 4.78 is 0. The number of rotatable bonds is 6. The number of amides is 1. The summed E-state index contributed by atoms with van der Waals surface area (Å²) in [5, 5.41) is 6.99. The highest BCUT2D eigenvalue weighted by Gasteiger charge is 2.26. The van der Waals surface area contributed by atoms with Crippen LogP contribution < -0.4 is 10.6 Å². The standard InChI is InChI=1S/C17H26Cl2N4O/c1-6-21-16(22-11-17(2,3)15(24)20-4)23(5)10-12-7-8-13(18)14(19)9-12/h7-9H,6,10-11H2,1-5H3,(H,20,24)(H,21,22). The molecular formula is C17H26Cl2N4O. The number of nitrogens with one attached hydrogen (secondary N) is 2. The van der Waals surface area contributed by atoms with Gasteiger partial charge in [0, 0.05) is 27.2 Å². The Morgan fingerprint density at radius 1 is 1.29 bits per heavy atom. The molecule has 0 aliphatic heterocycles. The predicted molar refractivity (Wildman–Crippen MR) is 102 cm³/mol. The Labute approximate surface area is 154 Å². The van der Waals surface area contributed by atoms with Crippen LogP contribution in [0.15, 0.2) is 23.2 Å². The van der Waals surface area contributed by atoms with Crippen LogP contribution in [0.1, 0.15) is 26.3 Å². The van der Waals surface area contributed by atoms with Crippen molar-refractivity contribution in [3.63, 3.8) is 0 Å². The molecule has 0 saturated carbocycles. The van der Waals surface area contributed by atoms with E-state index in [1.165, 1.54) is 0 Å². The second-order valence-electron chi connectivity index (χ2n) is 6.24. The summed E-state index contributed by atoms with van der Waals surface area (Å²) >= 11 is 12.0. The number of halogens is 2. The van der Waals surface area contributed by atoms with Crippen LogP contribution in [0.4, 0.5) is 0 Å². The van der Waals surface area contributed by atoms with Gasteiger partial charge in [0.25, 0.3) is 0 Å². The van der Waals surface area contributed by atoms with Gasteiger partial charge in [-0.05, 0) is 38.5 Å². The first-order valence-electron chi connectivity index (χ1n) is 7.86. The van der Waals surface area contributed by atoms with Gasteiger partial charge < -0.3 is 15.5 Å². The minimum Gasteiger partial charge on any atom is -0.359 e. The van der Waals surface area contributed by atoms with Gasteiger partial charge in [-0.15, -0.1) is 0 Å². The van der Waals surface area contributed by atoms with Gasteiger partial charge in [-0.25, -0.2) is 0 Å². The fraction of sp³-hybridized carbons (Fsp3) is 0.529. The fourth-order valence-corrected chi connectivity index (χ4v) is 2.46. The third kappa shape index (κ3) is 5.87. The average molecular weight is 373 g/mol. The van der Waals surface area contributed by atoms with Crippen LogP contribution >= 0.6 is 23.2 Å². The molecule has 0 aliphatic rings. The van der Waals surface area contributed by atoms with Gasteiger partial charge >= 0.3 is 0 Å². The van der Waals surface area contributed by atoms with Gasteiger partial charge in [-0.2, -0.15) is 0 Å². The van der Waals surface area contributed by atoms with E-state index in [2.05, 4.69) is 15.6 Å². The summed E-state index contributed by atoms with van der Waals surface area (Å²) in [4.78, 5) is 18.5. The van der Waals surface area contributed by atoms with Crippen molar-refractivity contribution in [2.75, 3.05) is 27.2 Å². The highest BCUT2D eigenvalue weighted by Crippen LogP contribution is 2.23. The van der Waals surface area contributed by atoms with Gasteiger partial charge in [0.15, 0.2) is 5.96 Å². The third-order valence-corrected chi connectivity index (χ3v) is 4.31. The van der Waals surface area contributed by atoms with Crippen LogP contribution in [0.25, 0.3) is 0 Å². The first-order valence-corrected chi connectivity index (χ1v) is 8.62. The highest BCUT2D eigenvalue weighted by atomic mass is 35.5. The Kier molecular flexibility index (Phi) is 7.84. The average Bonchev–Trinajstić information content (AvgIpc) is 2.53. The molecule has 0 spiro atoms. The number of guanidine groups is 1. The maximum atomic E-state index is 11.9. The van der Waals surface area contributed by atoms with Gasteiger partial charge in [0.2, 0.25) is 5.91 Å². The first kappa shape index (κ1) is 20.6. The minimum atomic E-state index is -0.570. The van der Waals surface area contributed by atoms with Crippen molar-refractivity contribution >= 4 is 35.1 Å². The second-order valence-corrected chi connectivity index (χ2v) is 7.05. The normalized spacial score (nSPS) is 12.0. The summed E-state index contributed by atoms with van der Waals surface area (Å²) in [5.41, 5.74) is 0.461. The van der Waals surface area contributed by atoms with Crippen LogP contribution in [0.2, 0.25) is 10.0 Å². The number of hydrogen-bond acceptors (Lipinski definition) is 2. The van der Waals surface area contributed by atoms with E-state index >= 15 is 0 Å². The number of carbonyl (C=O) groups is 1. The lowest BCUT2D eigenvalue weighted by molar-refractivity contribution is -0.128. The highest BCUT2D eigenvalue weighted by molar-refractivity contribution is 6.42. The van der Waals surface area contributed by atoms with E-state index in [1.807, 2.05) is 44.9 Å². The smallest absolute Gasteiger partial charge is 0.227 e. The maximum Gasteiger partial charge on any atom is 0.227 e. The van der Waals surface area contributed by atoms with Crippen LogP contribution in [-0.2, 0) is 11.3 Å². The van der Waals surface area contributed by atoms with Gasteiger partial charge in [-0.1, -0.05) is 29.3 Å². The van der Waals surface area contributed by atoms with Crippen molar-refractivity contribution < 1.29 is 4.79 Å². The number of carbonyl (C=O) groups excluding carboxylic acids is 1. The summed E-state index contributed by atoms with van der Waals surface area (Å²) in [7, 11) is 3.58. The molecule has 0 saturated heterocycles. The molecule has 7 heteroatoms.